The Labute approximate surface area is 143 Å². The lowest BCUT2D eigenvalue weighted by Gasteiger charge is -2.25. The minimum atomic E-state index is -3.63. The van der Waals surface area contributed by atoms with Gasteiger partial charge >= 0.3 is 0 Å². The zero-order chi connectivity index (χ0) is 17.7. The Hall–Kier alpha value is -2.02. The van der Waals surface area contributed by atoms with E-state index in [9.17, 15) is 13.2 Å². The summed E-state index contributed by atoms with van der Waals surface area (Å²) in [6, 6.07) is 15.6. The van der Waals surface area contributed by atoms with Gasteiger partial charge in [0.1, 0.15) is 0 Å². The van der Waals surface area contributed by atoms with E-state index in [4.69, 9.17) is 0 Å². The number of hydrogen-bond acceptors (Lipinski definition) is 4. The van der Waals surface area contributed by atoms with Crippen molar-refractivity contribution in [3.8, 4) is 0 Å². The Morgan fingerprint density at radius 1 is 1.04 bits per heavy atom. The van der Waals surface area contributed by atoms with Gasteiger partial charge in [-0.25, -0.2) is 13.1 Å². The molecule has 0 saturated heterocycles. The van der Waals surface area contributed by atoms with Crippen LogP contribution in [-0.2, 0) is 10.0 Å². The van der Waals surface area contributed by atoms with Gasteiger partial charge in [0.25, 0.3) is 0 Å². The van der Waals surface area contributed by atoms with Crippen molar-refractivity contribution in [2.45, 2.75) is 17.9 Å². The highest BCUT2D eigenvalue weighted by Crippen LogP contribution is 2.18. The molecule has 0 bridgehead atoms. The molecule has 0 aromatic heterocycles. The Morgan fingerprint density at radius 3 is 2.12 bits per heavy atom. The average molecular weight is 346 g/mol. The summed E-state index contributed by atoms with van der Waals surface area (Å²) >= 11 is 0. The summed E-state index contributed by atoms with van der Waals surface area (Å²) in [5.74, 6) is -0.0938. The number of nitrogens with one attached hydrogen (secondary N) is 1. The maximum absolute atomic E-state index is 12.5. The lowest BCUT2D eigenvalue weighted by Crippen LogP contribution is -2.34. The van der Waals surface area contributed by atoms with Crippen molar-refractivity contribution in [2.24, 2.45) is 0 Å². The molecule has 2 aromatic rings. The molecule has 0 heterocycles. The average Bonchev–Trinajstić information content (AvgIpc) is 2.55. The normalized spacial score (nSPS) is 13.0. The van der Waals surface area contributed by atoms with Crippen molar-refractivity contribution in [1.29, 1.82) is 0 Å². The third kappa shape index (κ3) is 4.50. The highest BCUT2D eigenvalue weighted by Gasteiger charge is 2.19. The minimum Gasteiger partial charge on any atom is -0.301 e. The molecule has 0 unspecified atom stereocenters. The molecule has 1 atom stereocenters. The number of sulfonamides is 1. The van der Waals surface area contributed by atoms with Gasteiger partial charge in [-0.2, -0.15) is 0 Å². The van der Waals surface area contributed by atoms with E-state index in [0.717, 1.165) is 5.56 Å². The van der Waals surface area contributed by atoms with Crippen LogP contribution in [-0.4, -0.2) is 39.7 Å². The van der Waals surface area contributed by atoms with Crippen molar-refractivity contribution >= 4 is 15.8 Å². The smallest absolute Gasteiger partial charge is 0.240 e. The third-order valence-corrected chi connectivity index (χ3v) is 5.29. The molecule has 2 aromatic carbocycles. The van der Waals surface area contributed by atoms with Crippen LogP contribution in [0.1, 0.15) is 28.9 Å². The first-order valence-corrected chi connectivity index (χ1v) is 9.11. The van der Waals surface area contributed by atoms with Crippen LogP contribution in [0.3, 0.4) is 0 Å². The fraction of sp³-hybridized carbons (Fsp3) is 0.278. The van der Waals surface area contributed by atoms with Crippen LogP contribution in [0.5, 0.6) is 0 Å². The number of rotatable bonds is 7. The van der Waals surface area contributed by atoms with E-state index in [2.05, 4.69) is 4.72 Å². The fourth-order valence-corrected chi connectivity index (χ4v) is 3.45. The minimum absolute atomic E-state index is 0.0718. The Morgan fingerprint density at radius 2 is 1.62 bits per heavy atom. The molecule has 6 heteroatoms. The second kappa shape index (κ2) is 7.70. The number of Topliss-reactive ketones (excluding diaryl/α,β-unsaturated/α-hetero) is 1. The highest BCUT2D eigenvalue weighted by molar-refractivity contribution is 7.89. The number of carbonyl (C=O) groups is 1. The number of nitrogens with zero attached hydrogens (tertiary/aromatic N) is 1. The molecule has 0 amide bonds. The standard InChI is InChI=1S/C18H22N2O3S/c1-14(21)15-9-11-17(12-10-15)24(22,23)19-13-18(20(2)3)16-7-5-4-6-8-16/h4-12,18-19H,13H2,1-3H3/t18-/m0/s1. The van der Waals surface area contributed by atoms with Gasteiger partial charge in [0, 0.05) is 18.2 Å². The van der Waals surface area contributed by atoms with Crippen molar-refractivity contribution in [2.75, 3.05) is 20.6 Å². The Balaban J connectivity index is 2.14. The number of benzene rings is 2. The van der Waals surface area contributed by atoms with Crippen molar-refractivity contribution in [3.63, 3.8) is 0 Å². The van der Waals surface area contributed by atoms with Crippen molar-refractivity contribution < 1.29 is 13.2 Å². The molecule has 0 spiro atoms. The van der Waals surface area contributed by atoms with Gasteiger partial charge in [-0.15, -0.1) is 0 Å². The maximum Gasteiger partial charge on any atom is 0.240 e. The van der Waals surface area contributed by atoms with E-state index in [0.29, 0.717) is 5.56 Å². The molecule has 0 aliphatic heterocycles. The summed E-state index contributed by atoms with van der Waals surface area (Å²) in [7, 11) is 0.193. The topological polar surface area (TPSA) is 66.5 Å². The van der Waals surface area contributed by atoms with Gasteiger partial charge in [-0.1, -0.05) is 42.5 Å². The number of likely N-dealkylation sites (N-methyl/N-ethyl adjacent to an activating group) is 1. The van der Waals surface area contributed by atoms with E-state index in [1.165, 1.54) is 31.2 Å². The molecule has 0 aliphatic rings. The van der Waals surface area contributed by atoms with Crippen molar-refractivity contribution in [1.82, 2.24) is 9.62 Å². The van der Waals surface area contributed by atoms with Gasteiger partial charge in [0.2, 0.25) is 10.0 Å². The highest BCUT2D eigenvalue weighted by atomic mass is 32.2. The molecule has 0 fully saturated rings. The molecule has 0 saturated carbocycles. The first-order valence-electron chi connectivity index (χ1n) is 7.63. The molecule has 128 valence electrons. The largest absolute Gasteiger partial charge is 0.301 e. The summed E-state index contributed by atoms with van der Waals surface area (Å²) in [4.78, 5) is 13.4. The monoisotopic (exact) mass is 346 g/mol. The number of ketones is 1. The zero-order valence-corrected chi connectivity index (χ0v) is 14.9. The quantitative estimate of drug-likeness (QED) is 0.782. The first-order chi connectivity index (χ1) is 11.3. The predicted octanol–water partition coefficient (Wildman–Crippen LogP) is 2.47. The maximum atomic E-state index is 12.5. The molecule has 5 nitrogen and oxygen atoms in total. The summed E-state index contributed by atoms with van der Waals surface area (Å²) < 4.78 is 27.6. The van der Waals surface area contributed by atoms with Crippen LogP contribution >= 0.6 is 0 Å². The van der Waals surface area contributed by atoms with E-state index in [-0.39, 0.29) is 23.3 Å². The van der Waals surface area contributed by atoms with Crippen LogP contribution in [0.25, 0.3) is 0 Å². The molecular formula is C18H22N2O3S. The Kier molecular flexibility index (Phi) is 5.88. The molecule has 24 heavy (non-hydrogen) atoms. The van der Waals surface area contributed by atoms with Crippen LogP contribution in [0.15, 0.2) is 59.5 Å². The second-order valence-corrected chi connectivity index (χ2v) is 7.59. The first kappa shape index (κ1) is 18.3. The van der Waals surface area contributed by atoms with Gasteiger partial charge in [-0.05, 0) is 38.7 Å². The van der Waals surface area contributed by atoms with Gasteiger partial charge in [0.15, 0.2) is 5.78 Å². The molecule has 0 aliphatic carbocycles. The second-order valence-electron chi connectivity index (χ2n) is 5.82. The molecular weight excluding hydrogens is 324 g/mol. The number of carbonyl (C=O) groups excluding carboxylic acids is 1. The van der Waals surface area contributed by atoms with Crippen LogP contribution < -0.4 is 4.72 Å². The van der Waals surface area contributed by atoms with Crippen LogP contribution in [0.2, 0.25) is 0 Å². The SMILES string of the molecule is CC(=O)c1ccc(S(=O)(=O)NC[C@@H](c2ccccc2)N(C)C)cc1. The fourth-order valence-electron chi connectivity index (χ4n) is 2.41. The van der Waals surface area contributed by atoms with Crippen molar-refractivity contribution in [3.05, 3.63) is 65.7 Å². The summed E-state index contributed by atoms with van der Waals surface area (Å²) in [6.07, 6.45) is 0. The van der Waals surface area contributed by atoms with Crippen LogP contribution in [0.4, 0.5) is 0 Å². The van der Waals surface area contributed by atoms with E-state index in [1.54, 1.807) is 0 Å². The summed E-state index contributed by atoms with van der Waals surface area (Å²) in [6.45, 7) is 1.71. The third-order valence-electron chi connectivity index (χ3n) is 3.85. The van der Waals surface area contributed by atoms with Gasteiger partial charge < -0.3 is 4.90 Å². The lowest BCUT2D eigenvalue weighted by atomic mass is 10.1. The van der Waals surface area contributed by atoms with Crippen LogP contribution in [0, 0.1) is 0 Å². The molecule has 1 N–H and O–H groups in total. The summed E-state index contributed by atoms with van der Waals surface area (Å²) in [5, 5.41) is 0. The summed E-state index contributed by atoms with van der Waals surface area (Å²) in [5.41, 5.74) is 1.53. The lowest BCUT2D eigenvalue weighted by molar-refractivity contribution is 0.101. The predicted molar refractivity (Wildman–Crippen MR) is 94.5 cm³/mol. The van der Waals surface area contributed by atoms with E-state index in [1.807, 2.05) is 49.3 Å². The van der Waals surface area contributed by atoms with Gasteiger partial charge in [-0.3, -0.25) is 4.79 Å². The van der Waals surface area contributed by atoms with E-state index < -0.39 is 10.0 Å². The number of hydrogen-bond donors (Lipinski definition) is 1. The Bertz CT molecular complexity index is 785. The van der Waals surface area contributed by atoms with E-state index >= 15 is 0 Å². The zero-order valence-electron chi connectivity index (χ0n) is 14.1. The van der Waals surface area contributed by atoms with Gasteiger partial charge in [0.05, 0.1) is 4.90 Å². The molecule has 2 rings (SSSR count). The molecule has 0 radical (unpaired) electrons.